The number of hydrogen-bond donors (Lipinski definition) is 1. The van der Waals surface area contributed by atoms with Gasteiger partial charge < -0.3 is 9.15 Å². The molecule has 1 rings (SSSR count). The van der Waals surface area contributed by atoms with E-state index in [-0.39, 0.29) is 16.4 Å². The van der Waals surface area contributed by atoms with E-state index >= 15 is 0 Å². The summed E-state index contributed by atoms with van der Waals surface area (Å²) in [6, 6.07) is 1.19. The molecule has 13 heavy (non-hydrogen) atoms. The molecule has 1 heterocycles. The minimum absolute atomic E-state index is 0.155. The van der Waals surface area contributed by atoms with Crippen LogP contribution in [-0.2, 0) is 15.8 Å². The van der Waals surface area contributed by atoms with Crippen LogP contribution in [0.5, 0.6) is 0 Å². The second-order valence-electron chi connectivity index (χ2n) is 2.28. The number of hydrogen-bond acceptors (Lipinski definition) is 4. The van der Waals surface area contributed by atoms with Crippen molar-refractivity contribution >= 4 is 17.0 Å². The average molecular weight is 204 g/mol. The Balaban J connectivity index is 3.10. The molecule has 0 spiro atoms. The van der Waals surface area contributed by atoms with Gasteiger partial charge in [0.1, 0.15) is 11.3 Å². The van der Waals surface area contributed by atoms with Crippen LogP contribution in [0.1, 0.15) is 16.1 Å². The molecule has 0 saturated heterocycles. The van der Waals surface area contributed by atoms with Gasteiger partial charge in [-0.1, -0.05) is 0 Å². The number of carbonyl (C=O) groups excluding carboxylic acids is 1. The number of methoxy groups -OCH3 is 1. The van der Waals surface area contributed by atoms with E-state index in [1.165, 1.54) is 20.1 Å². The van der Waals surface area contributed by atoms with Crippen molar-refractivity contribution in [3.63, 3.8) is 0 Å². The maximum atomic E-state index is 11.0. The molecule has 0 bridgehead atoms. The lowest BCUT2D eigenvalue weighted by molar-refractivity contribution is 0.0599. The molecule has 0 aliphatic carbocycles. The number of esters is 1. The Morgan fingerprint density at radius 3 is 2.69 bits per heavy atom. The highest BCUT2D eigenvalue weighted by atomic mass is 32.2. The molecule has 0 amide bonds. The van der Waals surface area contributed by atoms with Crippen LogP contribution in [0.25, 0.3) is 0 Å². The lowest BCUT2D eigenvalue weighted by Gasteiger charge is -1.93. The zero-order valence-corrected chi connectivity index (χ0v) is 7.88. The molecule has 0 fully saturated rings. The molecule has 1 aromatic rings. The van der Waals surface area contributed by atoms with Crippen LogP contribution in [-0.4, -0.2) is 21.8 Å². The fourth-order valence-corrected chi connectivity index (χ4v) is 1.27. The monoisotopic (exact) mass is 204 g/mol. The van der Waals surface area contributed by atoms with E-state index in [1.54, 1.807) is 0 Å². The third-order valence-corrected chi connectivity index (χ3v) is 2.02. The molecule has 0 saturated carbocycles. The van der Waals surface area contributed by atoms with Gasteiger partial charge >= 0.3 is 5.97 Å². The van der Waals surface area contributed by atoms with E-state index in [0.717, 1.165) is 0 Å². The fourth-order valence-electron chi connectivity index (χ4n) is 0.853. The van der Waals surface area contributed by atoms with Crippen molar-refractivity contribution in [1.29, 1.82) is 0 Å². The predicted octanol–water partition coefficient (Wildman–Crippen LogP) is 0.955. The molecule has 5 nitrogen and oxygen atoms in total. The number of ether oxygens (including phenoxy) is 1. The topological polar surface area (TPSA) is 76.7 Å². The van der Waals surface area contributed by atoms with Crippen molar-refractivity contribution in [2.24, 2.45) is 0 Å². The van der Waals surface area contributed by atoms with E-state index in [4.69, 9.17) is 8.97 Å². The number of aryl methyl sites for hydroxylation is 1. The molecule has 0 aromatic carbocycles. The number of rotatable bonds is 2. The first-order chi connectivity index (χ1) is 6.06. The third kappa shape index (κ3) is 1.96. The molecule has 0 aliphatic heterocycles. The van der Waals surface area contributed by atoms with Crippen LogP contribution in [0, 0.1) is 6.92 Å². The van der Waals surface area contributed by atoms with Crippen molar-refractivity contribution in [3.8, 4) is 0 Å². The predicted molar refractivity (Wildman–Crippen MR) is 43.8 cm³/mol. The van der Waals surface area contributed by atoms with Gasteiger partial charge in [0.05, 0.1) is 7.11 Å². The number of carbonyl (C=O) groups is 1. The summed E-state index contributed by atoms with van der Waals surface area (Å²) in [6.07, 6.45) is 0. The van der Waals surface area contributed by atoms with Crippen LogP contribution in [0.4, 0.5) is 0 Å². The third-order valence-electron chi connectivity index (χ3n) is 1.47. The second-order valence-corrected chi connectivity index (χ2v) is 3.18. The molecular weight excluding hydrogens is 196 g/mol. The maximum Gasteiger partial charge on any atom is 0.341 e. The van der Waals surface area contributed by atoms with E-state index in [2.05, 4.69) is 4.74 Å². The van der Waals surface area contributed by atoms with Crippen molar-refractivity contribution < 1.29 is 22.7 Å². The minimum Gasteiger partial charge on any atom is -0.465 e. The molecule has 1 N–H and O–H groups in total. The molecule has 1 unspecified atom stereocenters. The standard InChI is InChI=1S/C7H8O5S/c1-4-5(7(8)11-2)3-6(12-4)13(9)10/h3H,1-2H3,(H,9,10). The van der Waals surface area contributed by atoms with Gasteiger partial charge in [0.15, 0.2) is 0 Å². The Bertz CT molecular complexity index is 354. The van der Waals surface area contributed by atoms with Gasteiger partial charge in [-0.05, 0) is 6.92 Å². The summed E-state index contributed by atoms with van der Waals surface area (Å²) < 4.78 is 28.5. The minimum atomic E-state index is -2.21. The summed E-state index contributed by atoms with van der Waals surface area (Å²) in [7, 11) is 1.23. The van der Waals surface area contributed by atoms with Crippen molar-refractivity contribution in [3.05, 3.63) is 17.4 Å². The van der Waals surface area contributed by atoms with Gasteiger partial charge in [0, 0.05) is 6.07 Å². The zero-order valence-electron chi connectivity index (χ0n) is 7.07. The SMILES string of the molecule is COC(=O)c1cc(S(=O)O)oc1C. The second kappa shape index (κ2) is 3.71. The molecule has 1 atom stereocenters. The number of furan rings is 1. The Morgan fingerprint density at radius 1 is 1.69 bits per heavy atom. The Hall–Kier alpha value is -1.14. The normalized spacial score (nSPS) is 12.5. The molecule has 0 aliphatic rings. The van der Waals surface area contributed by atoms with Gasteiger partial charge in [0.25, 0.3) is 0 Å². The van der Waals surface area contributed by atoms with Crippen molar-refractivity contribution in [1.82, 2.24) is 0 Å². The van der Waals surface area contributed by atoms with Crippen molar-refractivity contribution in [2.45, 2.75) is 12.0 Å². The van der Waals surface area contributed by atoms with Gasteiger partial charge in [-0.2, -0.15) is 0 Å². The highest BCUT2D eigenvalue weighted by Crippen LogP contribution is 2.17. The molecule has 72 valence electrons. The summed E-state index contributed by atoms with van der Waals surface area (Å²) >= 11 is -2.21. The van der Waals surface area contributed by atoms with Gasteiger partial charge in [-0.25, -0.2) is 9.00 Å². The summed E-state index contributed by atoms with van der Waals surface area (Å²) in [5.74, 6) is -0.317. The van der Waals surface area contributed by atoms with Crippen LogP contribution in [0.2, 0.25) is 0 Å². The van der Waals surface area contributed by atoms with Gasteiger partial charge in [0.2, 0.25) is 16.2 Å². The van der Waals surface area contributed by atoms with Crippen molar-refractivity contribution in [2.75, 3.05) is 7.11 Å². The first kappa shape index (κ1) is 9.94. The van der Waals surface area contributed by atoms with Gasteiger partial charge in [-0.3, -0.25) is 4.55 Å². The lowest BCUT2D eigenvalue weighted by Crippen LogP contribution is -2.00. The molecule has 0 radical (unpaired) electrons. The fraction of sp³-hybridized carbons (Fsp3) is 0.286. The lowest BCUT2D eigenvalue weighted by atomic mass is 10.3. The Morgan fingerprint density at radius 2 is 2.31 bits per heavy atom. The molecule has 6 heteroatoms. The first-order valence-electron chi connectivity index (χ1n) is 3.36. The zero-order chi connectivity index (χ0) is 10.0. The highest BCUT2D eigenvalue weighted by Gasteiger charge is 2.17. The molecule has 1 aromatic heterocycles. The quantitative estimate of drug-likeness (QED) is 0.573. The van der Waals surface area contributed by atoms with E-state index in [1.807, 2.05) is 0 Å². The van der Waals surface area contributed by atoms with Crippen LogP contribution in [0.3, 0.4) is 0 Å². The van der Waals surface area contributed by atoms with E-state index in [9.17, 15) is 9.00 Å². The summed E-state index contributed by atoms with van der Waals surface area (Å²) in [5.41, 5.74) is 0.167. The largest absolute Gasteiger partial charge is 0.465 e. The van der Waals surface area contributed by atoms with E-state index in [0.29, 0.717) is 0 Å². The summed E-state index contributed by atoms with van der Waals surface area (Å²) in [6.45, 7) is 1.52. The van der Waals surface area contributed by atoms with Gasteiger partial charge in [-0.15, -0.1) is 0 Å². The smallest absolute Gasteiger partial charge is 0.341 e. The van der Waals surface area contributed by atoms with E-state index < -0.39 is 17.0 Å². The Kier molecular flexibility index (Phi) is 2.84. The van der Waals surface area contributed by atoms with Crippen LogP contribution < -0.4 is 0 Å². The summed E-state index contributed by atoms with van der Waals surface area (Å²) in [4.78, 5) is 11.0. The molecular formula is C7H8O5S. The maximum absolute atomic E-state index is 11.0. The first-order valence-corrected chi connectivity index (χ1v) is 4.46. The highest BCUT2D eigenvalue weighted by molar-refractivity contribution is 7.79. The Labute approximate surface area is 77.0 Å². The summed E-state index contributed by atoms with van der Waals surface area (Å²) in [5, 5.41) is -0.155. The van der Waals surface area contributed by atoms with Crippen LogP contribution >= 0.6 is 0 Å². The van der Waals surface area contributed by atoms with Crippen LogP contribution in [0.15, 0.2) is 15.6 Å². The average Bonchev–Trinajstić information content (AvgIpc) is 2.46.